The van der Waals surface area contributed by atoms with Gasteiger partial charge in [0.25, 0.3) is 0 Å². The first-order valence-corrected chi connectivity index (χ1v) is 10.3. The van der Waals surface area contributed by atoms with Gasteiger partial charge >= 0.3 is 12.2 Å². The highest BCUT2D eigenvalue weighted by Gasteiger charge is 2.55. The van der Waals surface area contributed by atoms with Gasteiger partial charge in [-0.05, 0) is 37.8 Å². The minimum Gasteiger partial charge on any atom is -0.372 e. The Bertz CT molecular complexity index is 812. The predicted octanol–water partition coefficient (Wildman–Crippen LogP) is 1.36. The number of hydrogen-bond donors (Lipinski definition) is 1. The lowest BCUT2D eigenvalue weighted by atomic mass is 9.56. The van der Waals surface area contributed by atoms with Crippen LogP contribution < -0.4 is 5.32 Å². The molecule has 0 unspecified atom stereocenters. The molecule has 2 aliphatic heterocycles. The summed E-state index contributed by atoms with van der Waals surface area (Å²) in [5.74, 6) is -0.730. The monoisotopic (exact) mass is 441 g/mol. The second-order valence-corrected chi connectivity index (χ2v) is 9.10. The minimum absolute atomic E-state index is 0.0199. The van der Waals surface area contributed by atoms with Gasteiger partial charge in [-0.3, -0.25) is 0 Å². The molecular formula is C20H26F3N5O3. The Morgan fingerprint density at radius 3 is 2.39 bits per heavy atom. The summed E-state index contributed by atoms with van der Waals surface area (Å²) < 4.78 is 43.0. The highest BCUT2D eigenvalue weighted by atomic mass is 19.4. The molecule has 3 heterocycles. The van der Waals surface area contributed by atoms with Gasteiger partial charge in [-0.2, -0.15) is 13.2 Å². The van der Waals surface area contributed by atoms with Crippen LogP contribution in [0.25, 0.3) is 0 Å². The summed E-state index contributed by atoms with van der Waals surface area (Å²) in [5.41, 5.74) is 0.554. The number of nitrogens with zero attached hydrogens (tertiary/aromatic N) is 4. The highest BCUT2D eigenvalue weighted by Crippen LogP contribution is 2.53. The Labute approximate surface area is 178 Å². The molecule has 31 heavy (non-hydrogen) atoms. The second-order valence-electron chi connectivity index (χ2n) is 9.10. The van der Waals surface area contributed by atoms with Crippen molar-refractivity contribution in [3.8, 4) is 0 Å². The van der Waals surface area contributed by atoms with Gasteiger partial charge in [0.05, 0.1) is 12.1 Å². The van der Waals surface area contributed by atoms with Crippen molar-refractivity contribution in [3.05, 3.63) is 23.8 Å². The Balaban J connectivity index is 1.18. The average molecular weight is 441 g/mol. The second kappa shape index (κ2) is 8.01. The first-order valence-electron chi connectivity index (χ1n) is 10.3. The fourth-order valence-corrected chi connectivity index (χ4v) is 5.05. The van der Waals surface area contributed by atoms with E-state index in [1.807, 2.05) is 11.9 Å². The summed E-state index contributed by atoms with van der Waals surface area (Å²) in [6.07, 6.45) is 1.27. The zero-order chi connectivity index (χ0) is 22.3. The molecule has 1 aromatic rings. The van der Waals surface area contributed by atoms with Crippen LogP contribution in [0.4, 0.5) is 18.0 Å². The number of amides is 2. The summed E-state index contributed by atoms with van der Waals surface area (Å²) in [6, 6.07) is 0.0199. The van der Waals surface area contributed by atoms with Crippen LogP contribution in [0.2, 0.25) is 0 Å². The number of carbonyl (C=O) groups is 2. The van der Waals surface area contributed by atoms with Gasteiger partial charge in [0, 0.05) is 44.0 Å². The van der Waals surface area contributed by atoms with E-state index in [2.05, 4.69) is 15.3 Å². The molecule has 0 radical (unpaired) electrons. The van der Waals surface area contributed by atoms with E-state index in [-0.39, 0.29) is 23.6 Å². The molecule has 2 saturated heterocycles. The number of rotatable bonds is 7. The largest absolute Gasteiger partial charge is 0.451 e. The highest BCUT2D eigenvalue weighted by molar-refractivity contribution is 5.77. The summed E-state index contributed by atoms with van der Waals surface area (Å²) in [5, 5.41) is 3.19. The van der Waals surface area contributed by atoms with Crippen LogP contribution in [-0.2, 0) is 22.1 Å². The van der Waals surface area contributed by atoms with E-state index in [4.69, 9.17) is 4.74 Å². The van der Waals surface area contributed by atoms with Crippen molar-refractivity contribution in [2.75, 3.05) is 46.4 Å². The number of likely N-dealkylation sites (N-methyl/N-ethyl adjacent to an activating group) is 1. The number of halogens is 3. The number of ether oxygens (including phenoxy) is 1. The van der Waals surface area contributed by atoms with Crippen molar-refractivity contribution in [1.29, 1.82) is 0 Å². The Kier molecular flexibility index (Phi) is 5.67. The maximum atomic E-state index is 12.7. The summed E-state index contributed by atoms with van der Waals surface area (Å²) in [6.45, 7) is 2.95. The van der Waals surface area contributed by atoms with Gasteiger partial charge in [-0.25, -0.2) is 14.8 Å². The van der Waals surface area contributed by atoms with E-state index in [1.54, 1.807) is 4.90 Å². The normalized spacial score (nSPS) is 21.9. The Morgan fingerprint density at radius 2 is 1.84 bits per heavy atom. The molecule has 1 aromatic heterocycles. The number of likely N-dealkylation sites (tertiary alicyclic amines) is 2. The van der Waals surface area contributed by atoms with Gasteiger partial charge < -0.3 is 24.6 Å². The SMILES string of the molecule is CNC1(COCC=O)CN(C(=O)N2CC3(CC(Cc4cnc(C(F)(F)F)nc4)C3)C2)C1. The fourth-order valence-electron chi connectivity index (χ4n) is 5.05. The van der Waals surface area contributed by atoms with Crippen LogP contribution in [0.15, 0.2) is 12.4 Å². The van der Waals surface area contributed by atoms with Gasteiger partial charge in [0.15, 0.2) is 0 Å². The van der Waals surface area contributed by atoms with Gasteiger partial charge in [-0.15, -0.1) is 0 Å². The van der Waals surface area contributed by atoms with Crippen LogP contribution in [-0.4, -0.2) is 84.1 Å². The third kappa shape index (κ3) is 4.38. The van der Waals surface area contributed by atoms with Gasteiger partial charge in [0.1, 0.15) is 12.9 Å². The maximum absolute atomic E-state index is 12.7. The molecule has 8 nitrogen and oxygen atoms in total. The fraction of sp³-hybridized carbons (Fsp3) is 0.700. The predicted molar refractivity (Wildman–Crippen MR) is 103 cm³/mol. The van der Waals surface area contributed by atoms with Crippen LogP contribution >= 0.6 is 0 Å². The van der Waals surface area contributed by atoms with Crippen LogP contribution in [0, 0.1) is 11.3 Å². The molecule has 1 saturated carbocycles. The molecule has 0 bridgehead atoms. The molecule has 1 spiro atoms. The van der Waals surface area contributed by atoms with E-state index in [0.717, 1.165) is 25.9 Å². The first-order chi connectivity index (χ1) is 14.7. The van der Waals surface area contributed by atoms with Crippen molar-refractivity contribution in [2.24, 2.45) is 11.3 Å². The third-order valence-corrected chi connectivity index (χ3v) is 6.60. The standard InChI is InChI=1S/C20H26F3N5O3/c1-24-19(13-31-3-2-29)11-28(12-19)17(30)27-9-18(10-27)5-14(6-18)4-15-7-25-16(26-8-15)20(21,22)23/h2,7-8,14,24H,3-6,9-13H2,1H3. The minimum atomic E-state index is -4.52. The Hall–Kier alpha value is -2.27. The van der Waals surface area contributed by atoms with Crippen LogP contribution in [0.5, 0.6) is 0 Å². The van der Waals surface area contributed by atoms with Crippen molar-refractivity contribution >= 4 is 12.3 Å². The number of alkyl halides is 3. The quantitative estimate of drug-likeness (QED) is 0.508. The first kappa shape index (κ1) is 21.9. The molecule has 11 heteroatoms. The molecule has 170 valence electrons. The molecular weight excluding hydrogens is 415 g/mol. The summed E-state index contributed by atoms with van der Waals surface area (Å²) in [7, 11) is 1.82. The molecule has 1 aliphatic carbocycles. The lowest BCUT2D eigenvalue weighted by molar-refractivity contribution is -0.145. The smallest absolute Gasteiger partial charge is 0.372 e. The Morgan fingerprint density at radius 1 is 1.23 bits per heavy atom. The van der Waals surface area contributed by atoms with Crippen molar-refractivity contribution < 1.29 is 27.5 Å². The number of nitrogens with one attached hydrogen (secondary N) is 1. The lowest BCUT2D eigenvalue weighted by Crippen LogP contribution is -2.75. The molecule has 1 N–H and O–H groups in total. The maximum Gasteiger partial charge on any atom is 0.451 e. The number of urea groups is 1. The van der Waals surface area contributed by atoms with Gasteiger partial charge in [0.2, 0.25) is 5.82 Å². The van der Waals surface area contributed by atoms with Crippen LogP contribution in [0.1, 0.15) is 24.2 Å². The molecule has 3 aliphatic rings. The van der Waals surface area contributed by atoms with E-state index in [0.29, 0.717) is 43.9 Å². The van der Waals surface area contributed by atoms with E-state index >= 15 is 0 Å². The molecule has 4 rings (SSSR count). The van der Waals surface area contributed by atoms with E-state index in [1.165, 1.54) is 12.4 Å². The van der Waals surface area contributed by atoms with Crippen molar-refractivity contribution in [2.45, 2.75) is 31.0 Å². The van der Waals surface area contributed by atoms with Crippen molar-refractivity contribution in [1.82, 2.24) is 25.1 Å². The molecule has 0 atom stereocenters. The zero-order valence-electron chi connectivity index (χ0n) is 17.3. The van der Waals surface area contributed by atoms with Crippen molar-refractivity contribution in [3.63, 3.8) is 0 Å². The average Bonchev–Trinajstić information content (AvgIpc) is 2.64. The molecule has 2 amide bonds. The molecule has 0 aromatic carbocycles. The molecule has 3 fully saturated rings. The number of aromatic nitrogens is 2. The summed E-state index contributed by atoms with van der Waals surface area (Å²) >= 11 is 0. The number of hydrogen-bond acceptors (Lipinski definition) is 6. The lowest BCUT2D eigenvalue weighted by Gasteiger charge is -2.61. The van der Waals surface area contributed by atoms with E-state index < -0.39 is 12.0 Å². The summed E-state index contributed by atoms with van der Waals surface area (Å²) in [4.78, 5) is 33.5. The third-order valence-electron chi connectivity index (χ3n) is 6.60. The van der Waals surface area contributed by atoms with Crippen LogP contribution in [0.3, 0.4) is 0 Å². The topological polar surface area (TPSA) is 87.7 Å². The van der Waals surface area contributed by atoms with Gasteiger partial charge in [-0.1, -0.05) is 0 Å². The van der Waals surface area contributed by atoms with E-state index in [9.17, 15) is 22.8 Å². The number of carbonyl (C=O) groups excluding carboxylic acids is 2. The number of aldehydes is 1. The zero-order valence-corrected chi connectivity index (χ0v) is 17.3.